The molecule has 0 bridgehead atoms. The topological polar surface area (TPSA) is 86.0 Å². The van der Waals surface area contributed by atoms with Crippen LogP contribution >= 0.6 is 0 Å². The van der Waals surface area contributed by atoms with Gasteiger partial charge in [-0.25, -0.2) is 0 Å². The van der Waals surface area contributed by atoms with Crippen LogP contribution in [0.2, 0.25) is 0 Å². The van der Waals surface area contributed by atoms with Gasteiger partial charge < -0.3 is 10.4 Å². The van der Waals surface area contributed by atoms with E-state index in [1.807, 2.05) is 0 Å². The Morgan fingerprint density at radius 3 is 2.89 bits per heavy atom. The number of nitrogens with zero attached hydrogens (tertiary/aromatic N) is 2. The molecule has 1 fully saturated rings. The average molecular weight is 245 g/mol. The summed E-state index contributed by atoms with van der Waals surface area (Å²) < 4.78 is 0. The first-order valence-corrected chi connectivity index (χ1v) is 5.99. The van der Waals surface area contributed by atoms with Crippen molar-refractivity contribution in [2.75, 3.05) is 11.9 Å². The van der Waals surface area contributed by atoms with E-state index in [4.69, 9.17) is 5.26 Å². The number of aliphatic carboxylic acids is 1. The summed E-state index contributed by atoms with van der Waals surface area (Å²) in [4.78, 5) is 15.3. The van der Waals surface area contributed by atoms with Gasteiger partial charge in [-0.05, 0) is 18.9 Å². The molecule has 0 spiro atoms. The maximum Gasteiger partial charge on any atom is 0.311 e. The van der Waals surface area contributed by atoms with Crippen LogP contribution in [0.5, 0.6) is 0 Å². The Bertz CT molecular complexity index is 487. The summed E-state index contributed by atoms with van der Waals surface area (Å²) in [5.41, 5.74) is 0.402. The highest BCUT2D eigenvalue weighted by Crippen LogP contribution is 2.38. The monoisotopic (exact) mass is 245 g/mol. The number of anilines is 1. The minimum Gasteiger partial charge on any atom is -0.481 e. The molecule has 5 heteroatoms. The number of aromatic nitrogens is 1. The van der Waals surface area contributed by atoms with E-state index in [0.29, 0.717) is 30.6 Å². The molecule has 94 valence electrons. The molecule has 1 aromatic heterocycles. The highest BCUT2D eigenvalue weighted by Gasteiger charge is 2.41. The van der Waals surface area contributed by atoms with Gasteiger partial charge in [0.2, 0.25) is 0 Å². The van der Waals surface area contributed by atoms with E-state index in [1.54, 1.807) is 18.5 Å². The molecular weight excluding hydrogens is 230 g/mol. The third-order valence-corrected chi connectivity index (χ3v) is 3.57. The fraction of sp³-hybridized carbons (Fsp3) is 0.462. The molecule has 2 N–H and O–H groups in total. The second-order valence-corrected chi connectivity index (χ2v) is 4.68. The third-order valence-electron chi connectivity index (χ3n) is 3.57. The van der Waals surface area contributed by atoms with Crippen molar-refractivity contribution in [2.24, 2.45) is 5.41 Å². The molecule has 0 aromatic carbocycles. The number of nitriles is 1. The van der Waals surface area contributed by atoms with E-state index in [-0.39, 0.29) is 0 Å². The van der Waals surface area contributed by atoms with Crippen molar-refractivity contribution < 1.29 is 9.90 Å². The van der Waals surface area contributed by atoms with Crippen molar-refractivity contribution >= 4 is 11.7 Å². The van der Waals surface area contributed by atoms with Gasteiger partial charge in [0, 0.05) is 12.7 Å². The van der Waals surface area contributed by atoms with Gasteiger partial charge in [0.25, 0.3) is 0 Å². The molecule has 1 aliphatic carbocycles. The molecule has 0 radical (unpaired) electrons. The lowest BCUT2D eigenvalue weighted by Gasteiger charge is -2.24. The molecular formula is C13H15N3O2. The lowest BCUT2D eigenvalue weighted by Crippen LogP contribution is -2.35. The van der Waals surface area contributed by atoms with Crippen molar-refractivity contribution in [3.05, 3.63) is 24.0 Å². The SMILES string of the molecule is N#Cc1ccncc1NCC1(C(=O)O)CCCC1. The van der Waals surface area contributed by atoms with E-state index in [2.05, 4.69) is 16.4 Å². The molecule has 0 amide bonds. The molecule has 1 heterocycles. The fourth-order valence-electron chi connectivity index (χ4n) is 2.42. The average Bonchev–Trinajstić information content (AvgIpc) is 2.87. The van der Waals surface area contributed by atoms with Crippen LogP contribution < -0.4 is 5.32 Å². The van der Waals surface area contributed by atoms with E-state index in [1.165, 1.54) is 0 Å². The summed E-state index contributed by atoms with van der Waals surface area (Å²) in [6.07, 6.45) is 6.39. The summed E-state index contributed by atoms with van der Waals surface area (Å²) in [6, 6.07) is 3.68. The Balaban J connectivity index is 2.11. The molecule has 2 rings (SSSR count). The summed E-state index contributed by atoms with van der Waals surface area (Å²) in [6.45, 7) is 0.350. The highest BCUT2D eigenvalue weighted by molar-refractivity contribution is 5.76. The summed E-state index contributed by atoms with van der Waals surface area (Å²) in [5, 5.41) is 21.4. The molecule has 1 aliphatic rings. The summed E-state index contributed by atoms with van der Waals surface area (Å²) in [5.74, 6) is -0.755. The molecule has 0 aliphatic heterocycles. The molecule has 18 heavy (non-hydrogen) atoms. The van der Waals surface area contributed by atoms with E-state index >= 15 is 0 Å². The lowest BCUT2D eigenvalue weighted by atomic mass is 9.86. The minimum absolute atomic E-state index is 0.350. The lowest BCUT2D eigenvalue weighted by molar-refractivity contribution is -0.147. The van der Waals surface area contributed by atoms with Gasteiger partial charge in [0.1, 0.15) is 6.07 Å². The van der Waals surface area contributed by atoms with Crippen LogP contribution in [0.3, 0.4) is 0 Å². The normalized spacial score (nSPS) is 17.1. The van der Waals surface area contributed by atoms with Gasteiger partial charge in [0.15, 0.2) is 0 Å². The maximum absolute atomic E-state index is 11.4. The molecule has 5 nitrogen and oxygen atoms in total. The predicted molar refractivity (Wildman–Crippen MR) is 66.0 cm³/mol. The smallest absolute Gasteiger partial charge is 0.311 e. The van der Waals surface area contributed by atoms with Gasteiger partial charge in [-0.15, -0.1) is 0 Å². The second-order valence-electron chi connectivity index (χ2n) is 4.68. The zero-order chi connectivity index (χ0) is 13.0. The summed E-state index contributed by atoms with van der Waals surface area (Å²) in [7, 11) is 0. The largest absolute Gasteiger partial charge is 0.481 e. The van der Waals surface area contributed by atoms with E-state index in [9.17, 15) is 9.90 Å². The van der Waals surface area contributed by atoms with Gasteiger partial charge in [-0.1, -0.05) is 12.8 Å². The number of carboxylic acids is 1. The first kappa shape index (κ1) is 12.4. The number of rotatable bonds is 4. The molecule has 0 atom stereocenters. The quantitative estimate of drug-likeness (QED) is 0.847. The number of nitrogens with one attached hydrogen (secondary N) is 1. The van der Waals surface area contributed by atoms with Crippen molar-refractivity contribution in [3.8, 4) is 6.07 Å². The van der Waals surface area contributed by atoms with Crippen LogP contribution in [0.1, 0.15) is 31.2 Å². The van der Waals surface area contributed by atoms with Crippen molar-refractivity contribution in [1.82, 2.24) is 4.98 Å². The van der Waals surface area contributed by atoms with Crippen molar-refractivity contribution in [1.29, 1.82) is 5.26 Å². The number of hydrogen-bond acceptors (Lipinski definition) is 4. The molecule has 0 unspecified atom stereocenters. The maximum atomic E-state index is 11.4. The minimum atomic E-state index is -0.755. The summed E-state index contributed by atoms with van der Waals surface area (Å²) >= 11 is 0. The Labute approximate surface area is 105 Å². The Morgan fingerprint density at radius 2 is 2.28 bits per heavy atom. The van der Waals surface area contributed by atoms with Crippen molar-refractivity contribution in [2.45, 2.75) is 25.7 Å². The third kappa shape index (κ3) is 2.28. The van der Waals surface area contributed by atoms with Crippen LogP contribution in [-0.2, 0) is 4.79 Å². The predicted octanol–water partition coefficient (Wildman–Crippen LogP) is 2.01. The van der Waals surface area contributed by atoms with Gasteiger partial charge in [-0.3, -0.25) is 9.78 Å². The first-order valence-electron chi connectivity index (χ1n) is 5.99. The second kappa shape index (κ2) is 5.05. The van der Waals surface area contributed by atoms with Crippen LogP contribution in [0.4, 0.5) is 5.69 Å². The number of pyridine rings is 1. The zero-order valence-electron chi connectivity index (χ0n) is 10.0. The standard InChI is InChI=1S/C13H15N3O2/c14-7-10-3-6-15-8-11(10)16-9-13(12(17)18)4-1-2-5-13/h3,6,8,16H,1-2,4-5,9H2,(H,17,18). The van der Waals surface area contributed by atoms with Crippen LogP contribution in [0.25, 0.3) is 0 Å². The Kier molecular flexibility index (Phi) is 3.47. The zero-order valence-corrected chi connectivity index (χ0v) is 10.0. The number of carboxylic acid groups (broad SMARTS) is 1. The van der Waals surface area contributed by atoms with E-state index < -0.39 is 11.4 Å². The van der Waals surface area contributed by atoms with Crippen LogP contribution in [-0.4, -0.2) is 22.6 Å². The van der Waals surface area contributed by atoms with Crippen LogP contribution in [0, 0.1) is 16.7 Å². The first-order chi connectivity index (χ1) is 8.68. The van der Waals surface area contributed by atoms with E-state index in [0.717, 1.165) is 12.8 Å². The van der Waals surface area contributed by atoms with Gasteiger partial charge >= 0.3 is 5.97 Å². The Morgan fingerprint density at radius 1 is 1.56 bits per heavy atom. The van der Waals surface area contributed by atoms with Crippen molar-refractivity contribution in [3.63, 3.8) is 0 Å². The molecule has 0 saturated heterocycles. The highest BCUT2D eigenvalue weighted by atomic mass is 16.4. The van der Waals surface area contributed by atoms with Gasteiger partial charge in [0.05, 0.1) is 22.9 Å². The van der Waals surface area contributed by atoms with Gasteiger partial charge in [-0.2, -0.15) is 5.26 Å². The molecule has 1 saturated carbocycles. The molecule has 1 aromatic rings. The number of carbonyl (C=O) groups is 1. The van der Waals surface area contributed by atoms with Crippen LogP contribution in [0.15, 0.2) is 18.5 Å². The fourth-order valence-corrected chi connectivity index (χ4v) is 2.42. The number of hydrogen-bond donors (Lipinski definition) is 2. The Hall–Kier alpha value is -2.09.